The van der Waals surface area contributed by atoms with Gasteiger partial charge in [-0.3, -0.25) is 9.59 Å². The van der Waals surface area contributed by atoms with Crippen LogP contribution in [0, 0.1) is 5.82 Å². The first-order valence-electron chi connectivity index (χ1n) is 6.85. The first-order chi connectivity index (χ1) is 11.1. The van der Waals surface area contributed by atoms with Crippen molar-refractivity contribution in [2.24, 2.45) is 0 Å². The Kier molecular flexibility index (Phi) is 3.97. The molecule has 3 aromatic rings. The molecule has 0 saturated carbocycles. The predicted molar refractivity (Wildman–Crippen MR) is 84.6 cm³/mol. The Morgan fingerprint density at radius 1 is 1.04 bits per heavy atom. The largest absolute Gasteiger partial charge is 0.322 e. The van der Waals surface area contributed by atoms with E-state index < -0.39 is 5.82 Å². The second-order valence-corrected chi connectivity index (χ2v) is 4.85. The van der Waals surface area contributed by atoms with E-state index in [0.29, 0.717) is 16.9 Å². The lowest BCUT2D eigenvalue weighted by atomic mass is 10.1. The van der Waals surface area contributed by atoms with E-state index in [1.807, 2.05) is 6.07 Å². The average Bonchev–Trinajstić information content (AvgIpc) is 2.56. The Balaban J connectivity index is 1.82. The van der Waals surface area contributed by atoms with Crippen LogP contribution >= 0.6 is 0 Å². The van der Waals surface area contributed by atoms with Gasteiger partial charge in [0.25, 0.3) is 11.5 Å². The average molecular weight is 309 g/mol. The van der Waals surface area contributed by atoms with Crippen molar-refractivity contribution in [2.45, 2.75) is 0 Å². The molecule has 0 unspecified atom stereocenters. The Morgan fingerprint density at radius 2 is 1.83 bits per heavy atom. The molecule has 1 aromatic heterocycles. The first-order valence-corrected chi connectivity index (χ1v) is 6.85. The fraction of sp³-hybridized carbons (Fsp3) is 0. The van der Waals surface area contributed by atoms with Crippen LogP contribution in [0.3, 0.4) is 0 Å². The van der Waals surface area contributed by atoms with Crippen molar-refractivity contribution in [3.63, 3.8) is 0 Å². The molecule has 0 fully saturated rings. The molecule has 0 spiro atoms. The number of nitrogens with one attached hydrogen (secondary N) is 2. The first kappa shape index (κ1) is 14.6. The number of halogens is 1. The summed E-state index contributed by atoms with van der Waals surface area (Å²) in [4.78, 5) is 23.2. The number of rotatable bonds is 3. The Hall–Kier alpha value is -3.28. The molecule has 1 amide bonds. The van der Waals surface area contributed by atoms with E-state index in [4.69, 9.17) is 0 Å². The zero-order valence-corrected chi connectivity index (χ0v) is 11.9. The summed E-state index contributed by atoms with van der Waals surface area (Å²) in [5.41, 5.74) is 1.99. The van der Waals surface area contributed by atoms with Gasteiger partial charge in [-0.1, -0.05) is 12.1 Å². The van der Waals surface area contributed by atoms with E-state index >= 15 is 0 Å². The molecular weight excluding hydrogens is 297 g/mol. The summed E-state index contributed by atoms with van der Waals surface area (Å²) in [6.07, 6.45) is 0. The van der Waals surface area contributed by atoms with Gasteiger partial charge in [-0.05, 0) is 42.5 Å². The molecule has 1 heterocycles. The van der Waals surface area contributed by atoms with Crippen molar-refractivity contribution in [1.82, 2.24) is 10.2 Å². The number of nitrogens with zero attached hydrogens (tertiary/aromatic N) is 1. The van der Waals surface area contributed by atoms with E-state index in [1.165, 1.54) is 30.3 Å². The van der Waals surface area contributed by atoms with Crippen molar-refractivity contribution < 1.29 is 9.18 Å². The van der Waals surface area contributed by atoms with Crippen LogP contribution in [0.15, 0.2) is 65.5 Å². The number of carbonyl (C=O) groups is 1. The number of hydrogen-bond donors (Lipinski definition) is 2. The molecule has 114 valence electrons. The van der Waals surface area contributed by atoms with Gasteiger partial charge in [0.1, 0.15) is 5.82 Å². The third-order valence-electron chi connectivity index (χ3n) is 3.20. The molecule has 6 heteroatoms. The number of amides is 1. The summed E-state index contributed by atoms with van der Waals surface area (Å²) in [6.45, 7) is 0. The minimum absolute atomic E-state index is 0.283. The second kappa shape index (κ2) is 6.23. The molecule has 0 aliphatic carbocycles. The second-order valence-electron chi connectivity index (χ2n) is 4.85. The topological polar surface area (TPSA) is 74.8 Å². The Labute approximate surface area is 130 Å². The lowest BCUT2D eigenvalue weighted by Crippen LogP contribution is -2.12. The molecule has 23 heavy (non-hydrogen) atoms. The lowest BCUT2D eigenvalue weighted by Gasteiger charge is -2.07. The third kappa shape index (κ3) is 3.49. The van der Waals surface area contributed by atoms with Gasteiger partial charge in [0.2, 0.25) is 0 Å². The van der Waals surface area contributed by atoms with Crippen LogP contribution in [0.1, 0.15) is 10.4 Å². The molecule has 0 saturated heterocycles. The number of aromatic amines is 1. The fourth-order valence-corrected chi connectivity index (χ4v) is 2.07. The number of H-pyrrole nitrogens is 1. The van der Waals surface area contributed by atoms with Crippen LogP contribution < -0.4 is 10.9 Å². The zero-order valence-electron chi connectivity index (χ0n) is 11.9. The van der Waals surface area contributed by atoms with Crippen molar-refractivity contribution >= 4 is 11.6 Å². The standard InChI is InChI=1S/C17H12FN3O2/c18-13-6-4-11(5-7-13)17(23)19-14-3-1-2-12(10-14)15-8-9-16(22)21-20-15/h1-10H,(H,19,23)(H,21,22). The summed E-state index contributed by atoms with van der Waals surface area (Å²) < 4.78 is 12.9. The molecule has 2 aromatic carbocycles. The smallest absolute Gasteiger partial charge is 0.264 e. The fourth-order valence-electron chi connectivity index (χ4n) is 2.07. The minimum atomic E-state index is -0.396. The highest BCUT2D eigenvalue weighted by Crippen LogP contribution is 2.20. The highest BCUT2D eigenvalue weighted by Gasteiger charge is 2.07. The summed E-state index contributed by atoms with van der Waals surface area (Å²) >= 11 is 0. The molecular formula is C17H12FN3O2. The highest BCUT2D eigenvalue weighted by molar-refractivity contribution is 6.04. The van der Waals surface area contributed by atoms with Crippen molar-refractivity contribution in [2.75, 3.05) is 5.32 Å². The van der Waals surface area contributed by atoms with Crippen LogP contribution in [0.25, 0.3) is 11.3 Å². The maximum atomic E-state index is 12.9. The normalized spacial score (nSPS) is 10.3. The number of benzene rings is 2. The molecule has 0 aliphatic rings. The van der Waals surface area contributed by atoms with Gasteiger partial charge in [-0.25, -0.2) is 9.49 Å². The number of anilines is 1. The lowest BCUT2D eigenvalue weighted by molar-refractivity contribution is 0.102. The Morgan fingerprint density at radius 3 is 2.52 bits per heavy atom. The number of hydrogen-bond acceptors (Lipinski definition) is 3. The van der Waals surface area contributed by atoms with E-state index in [-0.39, 0.29) is 11.5 Å². The van der Waals surface area contributed by atoms with Gasteiger partial charge in [0.05, 0.1) is 5.69 Å². The monoisotopic (exact) mass is 309 g/mol. The SMILES string of the molecule is O=C(Nc1cccc(-c2ccc(=O)[nH]n2)c1)c1ccc(F)cc1. The predicted octanol–water partition coefficient (Wildman–Crippen LogP) is 2.83. The van der Waals surface area contributed by atoms with E-state index in [2.05, 4.69) is 15.5 Å². The van der Waals surface area contributed by atoms with Gasteiger partial charge in [-0.15, -0.1) is 0 Å². The highest BCUT2D eigenvalue weighted by atomic mass is 19.1. The molecule has 0 aliphatic heterocycles. The minimum Gasteiger partial charge on any atom is -0.322 e. The van der Waals surface area contributed by atoms with Crippen molar-refractivity contribution in [1.29, 1.82) is 0 Å². The molecule has 0 bridgehead atoms. The third-order valence-corrected chi connectivity index (χ3v) is 3.20. The molecule has 2 N–H and O–H groups in total. The van der Waals surface area contributed by atoms with Gasteiger partial charge in [0, 0.05) is 22.9 Å². The van der Waals surface area contributed by atoms with Crippen LogP contribution in [0.2, 0.25) is 0 Å². The summed E-state index contributed by atoms with van der Waals surface area (Å²) in [6, 6.07) is 15.3. The molecule has 0 radical (unpaired) electrons. The van der Waals surface area contributed by atoms with Crippen LogP contribution in [-0.2, 0) is 0 Å². The summed E-state index contributed by atoms with van der Waals surface area (Å²) in [5, 5.41) is 9.04. The molecule has 0 atom stereocenters. The van der Waals surface area contributed by atoms with Gasteiger partial charge >= 0.3 is 0 Å². The van der Waals surface area contributed by atoms with Gasteiger partial charge < -0.3 is 5.32 Å². The zero-order chi connectivity index (χ0) is 16.2. The van der Waals surface area contributed by atoms with E-state index in [1.54, 1.807) is 24.3 Å². The Bertz CT molecular complexity index is 884. The summed E-state index contributed by atoms with van der Waals surface area (Å²) in [5.74, 6) is -0.732. The molecule has 3 rings (SSSR count). The van der Waals surface area contributed by atoms with Crippen LogP contribution in [-0.4, -0.2) is 16.1 Å². The van der Waals surface area contributed by atoms with Crippen molar-refractivity contribution in [3.05, 3.63) is 82.4 Å². The van der Waals surface area contributed by atoms with E-state index in [0.717, 1.165) is 5.56 Å². The number of aromatic nitrogens is 2. The van der Waals surface area contributed by atoms with Gasteiger partial charge in [0.15, 0.2) is 0 Å². The summed E-state index contributed by atoms with van der Waals surface area (Å²) in [7, 11) is 0. The van der Waals surface area contributed by atoms with Crippen molar-refractivity contribution in [3.8, 4) is 11.3 Å². The van der Waals surface area contributed by atoms with Gasteiger partial charge in [-0.2, -0.15) is 5.10 Å². The molecule has 5 nitrogen and oxygen atoms in total. The maximum absolute atomic E-state index is 12.9. The van der Waals surface area contributed by atoms with Crippen LogP contribution in [0.4, 0.5) is 10.1 Å². The quantitative estimate of drug-likeness (QED) is 0.781. The number of carbonyl (C=O) groups excluding carboxylic acids is 1. The maximum Gasteiger partial charge on any atom is 0.264 e. The van der Waals surface area contributed by atoms with Crippen LogP contribution in [0.5, 0.6) is 0 Å². The van der Waals surface area contributed by atoms with E-state index in [9.17, 15) is 14.0 Å².